The van der Waals surface area contributed by atoms with Gasteiger partial charge in [-0.15, -0.1) is 0 Å². The molecule has 0 bridgehead atoms. The summed E-state index contributed by atoms with van der Waals surface area (Å²) < 4.78 is 5.43. The Hall–Kier alpha value is -1.82. The molecule has 2 aromatic rings. The van der Waals surface area contributed by atoms with Gasteiger partial charge in [-0.3, -0.25) is 10.2 Å². The number of aromatic amines is 2. The normalized spacial score (nSPS) is 14.6. The molecule has 2 aromatic heterocycles. The van der Waals surface area contributed by atoms with Crippen molar-refractivity contribution in [3.63, 3.8) is 0 Å². The van der Waals surface area contributed by atoms with Gasteiger partial charge in [0.2, 0.25) is 0 Å². The Morgan fingerprint density at radius 1 is 1.41 bits per heavy atom. The molecule has 0 saturated carbocycles. The Labute approximate surface area is 98.8 Å². The van der Waals surface area contributed by atoms with Gasteiger partial charge in [-0.05, 0) is 13.0 Å². The smallest absolute Gasteiger partial charge is 0.153 e. The van der Waals surface area contributed by atoms with Crippen molar-refractivity contribution >= 4 is 5.82 Å². The number of nitrogens with zero attached hydrogens (tertiary/aromatic N) is 2. The summed E-state index contributed by atoms with van der Waals surface area (Å²) in [5.41, 5.74) is 4.37. The molecule has 0 aliphatic carbocycles. The summed E-state index contributed by atoms with van der Waals surface area (Å²) >= 11 is 0. The largest absolute Gasteiger partial charge is 0.376 e. The number of hydrogen-bond acceptors (Lipinski definition) is 4. The Bertz CT molecular complexity index is 516. The average Bonchev–Trinajstić information content (AvgIpc) is 2.93. The van der Waals surface area contributed by atoms with Gasteiger partial charge in [-0.25, -0.2) is 0 Å². The fourth-order valence-corrected chi connectivity index (χ4v) is 2.00. The molecule has 0 fully saturated rings. The monoisotopic (exact) mass is 233 g/mol. The molecular formula is C11H15N5O. The van der Waals surface area contributed by atoms with Gasteiger partial charge in [0.15, 0.2) is 5.82 Å². The van der Waals surface area contributed by atoms with E-state index in [4.69, 9.17) is 4.74 Å². The van der Waals surface area contributed by atoms with Gasteiger partial charge < -0.3 is 10.1 Å². The van der Waals surface area contributed by atoms with E-state index in [1.54, 1.807) is 0 Å². The van der Waals surface area contributed by atoms with Crippen molar-refractivity contribution in [2.45, 2.75) is 26.5 Å². The van der Waals surface area contributed by atoms with E-state index >= 15 is 0 Å². The van der Waals surface area contributed by atoms with Crippen LogP contribution in [0.4, 0.5) is 5.82 Å². The van der Waals surface area contributed by atoms with Crippen molar-refractivity contribution in [2.24, 2.45) is 0 Å². The second-order valence-corrected chi connectivity index (χ2v) is 4.23. The van der Waals surface area contributed by atoms with E-state index in [-0.39, 0.29) is 0 Å². The van der Waals surface area contributed by atoms with Gasteiger partial charge in [0.1, 0.15) is 0 Å². The maximum atomic E-state index is 5.43. The van der Waals surface area contributed by atoms with E-state index in [2.05, 4.69) is 25.7 Å². The zero-order valence-electron chi connectivity index (χ0n) is 9.71. The number of anilines is 1. The molecule has 0 aromatic carbocycles. The molecule has 3 heterocycles. The Morgan fingerprint density at radius 2 is 2.35 bits per heavy atom. The van der Waals surface area contributed by atoms with Crippen LogP contribution in [0.15, 0.2) is 6.07 Å². The minimum Gasteiger partial charge on any atom is -0.376 e. The van der Waals surface area contributed by atoms with Crippen LogP contribution in [0.2, 0.25) is 0 Å². The first-order chi connectivity index (χ1) is 8.33. The quantitative estimate of drug-likeness (QED) is 0.742. The van der Waals surface area contributed by atoms with Gasteiger partial charge in [0, 0.05) is 23.4 Å². The van der Waals surface area contributed by atoms with Crippen LogP contribution < -0.4 is 5.32 Å². The maximum Gasteiger partial charge on any atom is 0.153 e. The Balaban J connectivity index is 1.71. The van der Waals surface area contributed by atoms with E-state index < -0.39 is 0 Å². The van der Waals surface area contributed by atoms with Crippen LogP contribution in [0, 0.1) is 6.92 Å². The molecule has 0 unspecified atom stereocenters. The van der Waals surface area contributed by atoms with Gasteiger partial charge in [0.05, 0.1) is 25.5 Å². The van der Waals surface area contributed by atoms with Crippen molar-refractivity contribution in [3.8, 4) is 0 Å². The molecular weight excluding hydrogens is 218 g/mol. The number of H-pyrrole nitrogens is 2. The number of rotatable bonds is 3. The van der Waals surface area contributed by atoms with E-state index in [1.807, 2.05) is 13.0 Å². The lowest BCUT2D eigenvalue weighted by Crippen LogP contribution is -2.10. The first kappa shape index (κ1) is 10.3. The molecule has 6 heteroatoms. The Morgan fingerprint density at radius 3 is 3.18 bits per heavy atom. The minimum atomic E-state index is 0.633. The van der Waals surface area contributed by atoms with Gasteiger partial charge in [-0.2, -0.15) is 10.2 Å². The van der Waals surface area contributed by atoms with Crippen molar-refractivity contribution in [2.75, 3.05) is 11.9 Å². The van der Waals surface area contributed by atoms with E-state index in [0.717, 1.165) is 35.8 Å². The second-order valence-electron chi connectivity index (χ2n) is 4.23. The highest BCUT2D eigenvalue weighted by Crippen LogP contribution is 2.22. The topological polar surface area (TPSA) is 78.6 Å². The zero-order chi connectivity index (χ0) is 11.7. The molecule has 0 amide bonds. The van der Waals surface area contributed by atoms with Gasteiger partial charge >= 0.3 is 0 Å². The van der Waals surface area contributed by atoms with Gasteiger partial charge in [0.25, 0.3) is 0 Å². The van der Waals surface area contributed by atoms with Crippen molar-refractivity contribution < 1.29 is 4.74 Å². The van der Waals surface area contributed by atoms with Crippen LogP contribution in [-0.4, -0.2) is 27.0 Å². The number of fused-ring (bicyclic) bond motifs is 1. The SMILES string of the molecule is Cc1cc(CNc2n[nH]c3c2COCC3)n[nH]1. The molecule has 0 radical (unpaired) electrons. The zero-order valence-corrected chi connectivity index (χ0v) is 9.71. The van der Waals surface area contributed by atoms with Crippen LogP contribution >= 0.6 is 0 Å². The maximum absolute atomic E-state index is 5.43. The van der Waals surface area contributed by atoms with Crippen LogP contribution in [0.25, 0.3) is 0 Å². The summed E-state index contributed by atoms with van der Waals surface area (Å²) in [6.07, 6.45) is 0.908. The first-order valence-corrected chi connectivity index (χ1v) is 5.71. The van der Waals surface area contributed by atoms with E-state index in [1.165, 1.54) is 5.69 Å². The summed E-state index contributed by atoms with van der Waals surface area (Å²) in [7, 11) is 0. The summed E-state index contributed by atoms with van der Waals surface area (Å²) in [6.45, 7) is 4.06. The summed E-state index contributed by atoms with van der Waals surface area (Å²) in [6, 6.07) is 2.02. The lowest BCUT2D eigenvalue weighted by Gasteiger charge is -2.12. The van der Waals surface area contributed by atoms with Gasteiger partial charge in [-0.1, -0.05) is 0 Å². The molecule has 17 heavy (non-hydrogen) atoms. The number of aryl methyl sites for hydroxylation is 1. The molecule has 1 aliphatic rings. The molecule has 1 aliphatic heterocycles. The third-order valence-corrected chi connectivity index (χ3v) is 2.89. The van der Waals surface area contributed by atoms with E-state index in [9.17, 15) is 0 Å². The van der Waals surface area contributed by atoms with E-state index in [0.29, 0.717) is 13.2 Å². The number of ether oxygens (including phenoxy) is 1. The standard InChI is InChI=1S/C11H15N5O/c1-7-4-8(14-13-7)5-12-11-9-6-17-3-2-10(9)15-16-11/h4H,2-3,5-6H2,1H3,(H,13,14)(H2,12,15,16). The molecule has 6 nitrogen and oxygen atoms in total. The number of aromatic nitrogens is 4. The number of hydrogen-bond donors (Lipinski definition) is 3. The number of nitrogens with one attached hydrogen (secondary N) is 3. The fourth-order valence-electron chi connectivity index (χ4n) is 2.00. The average molecular weight is 233 g/mol. The highest BCUT2D eigenvalue weighted by atomic mass is 16.5. The molecule has 90 valence electrons. The molecule has 0 saturated heterocycles. The lowest BCUT2D eigenvalue weighted by atomic mass is 10.1. The highest BCUT2D eigenvalue weighted by Gasteiger charge is 2.16. The minimum absolute atomic E-state index is 0.633. The molecule has 0 atom stereocenters. The van der Waals surface area contributed by atoms with Crippen molar-refractivity contribution in [1.29, 1.82) is 0 Å². The van der Waals surface area contributed by atoms with Crippen LogP contribution in [0.5, 0.6) is 0 Å². The summed E-state index contributed by atoms with van der Waals surface area (Å²) in [5.74, 6) is 0.875. The van der Waals surface area contributed by atoms with Crippen molar-refractivity contribution in [1.82, 2.24) is 20.4 Å². The van der Waals surface area contributed by atoms with Crippen LogP contribution in [0.1, 0.15) is 22.6 Å². The lowest BCUT2D eigenvalue weighted by molar-refractivity contribution is 0.110. The predicted octanol–water partition coefficient (Wildman–Crippen LogP) is 1.13. The highest BCUT2D eigenvalue weighted by molar-refractivity contribution is 5.47. The summed E-state index contributed by atoms with van der Waals surface area (Å²) in [4.78, 5) is 0. The van der Waals surface area contributed by atoms with Crippen LogP contribution in [0.3, 0.4) is 0 Å². The van der Waals surface area contributed by atoms with Crippen LogP contribution in [-0.2, 0) is 24.3 Å². The first-order valence-electron chi connectivity index (χ1n) is 5.71. The second kappa shape index (κ2) is 4.21. The predicted molar refractivity (Wildman–Crippen MR) is 62.6 cm³/mol. The fraction of sp³-hybridized carbons (Fsp3) is 0.455. The third-order valence-electron chi connectivity index (χ3n) is 2.89. The Kier molecular flexibility index (Phi) is 2.56. The molecule has 3 N–H and O–H groups in total. The third kappa shape index (κ3) is 2.03. The molecule has 3 rings (SSSR count). The molecule has 0 spiro atoms. The van der Waals surface area contributed by atoms with Crippen molar-refractivity contribution in [3.05, 3.63) is 28.7 Å². The summed E-state index contributed by atoms with van der Waals surface area (Å²) in [5, 5.41) is 17.7.